The Kier molecular flexibility index (Phi) is 8.90. The molecule has 1 atom stereocenters. The third-order valence-corrected chi connectivity index (χ3v) is 3.69. The van der Waals surface area contributed by atoms with Crippen molar-refractivity contribution < 1.29 is 4.74 Å². The van der Waals surface area contributed by atoms with E-state index < -0.39 is 0 Å². The monoisotopic (exact) mass is 230 g/mol. The second-order valence-electron chi connectivity index (χ2n) is 4.65. The van der Waals surface area contributed by atoms with Crippen molar-refractivity contribution in [2.24, 2.45) is 5.73 Å². The Morgan fingerprint density at radius 2 is 1.94 bits per heavy atom. The number of nitrogens with zero attached hydrogens (tertiary/aromatic N) is 1. The summed E-state index contributed by atoms with van der Waals surface area (Å²) in [5, 5.41) is 0. The van der Waals surface area contributed by atoms with E-state index in [1.54, 1.807) is 7.11 Å². The zero-order chi connectivity index (χ0) is 12.4. The van der Waals surface area contributed by atoms with E-state index in [2.05, 4.69) is 25.8 Å². The van der Waals surface area contributed by atoms with Gasteiger partial charge in [-0.3, -0.25) is 4.90 Å². The van der Waals surface area contributed by atoms with Crippen LogP contribution in [0.3, 0.4) is 0 Å². The zero-order valence-electron chi connectivity index (χ0n) is 11.6. The second kappa shape index (κ2) is 8.97. The first-order valence-electron chi connectivity index (χ1n) is 6.57. The van der Waals surface area contributed by atoms with E-state index in [1.165, 1.54) is 19.3 Å². The molecular weight excluding hydrogens is 200 g/mol. The molecule has 0 fully saturated rings. The average molecular weight is 230 g/mol. The molecule has 0 spiro atoms. The second-order valence-corrected chi connectivity index (χ2v) is 4.65. The van der Waals surface area contributed by atoms with Gasteiger partial charge >= 0.3 is 0 Å². The lowest BCUT2D eigenvalue weighted by Gasteiger charge is -2.41. The molecule has 0 aliphatic rings. The summed E-state index contributed by atoms with van der Waals surface area (Å²) in [5.41, 5.74) is 6.19. The van der Waals surface area contributed by atoms with Crippen LogP contribution in [-0.4, -0.2) is 44.3 Å². The van der Waals surface area contributed by atoms with Crippen LogP contribution in [0.15, 0.2) is 0 Å². The highest BCUT2D eigenvalue weighted by atomic mass is 16.5. The third-order valence-electron chi connectivity index (χ3n) is 3.69. The standard InChI is InChI=1S/C13H30N2O/c1-5-7-9-13(6-2,12-14)15(3)10-8-11-16-4/h5-12,14H2,1-4H3. The van der Waals surface area contributed by atoms with Crippen molar-refractivity contribution in [3.05, 3.63) is 0 Å². The Morgan fingerprint density at radius 3 is 2.38 bits per heavy atom. The van der Waals surface area contributed by atoms with Gasteiger partial charge in [0, 0.05) is 32.3 Å². The highest BCUT2D eigenvalue weighted by molar-refractivity contribution is 4.88. The molecule has 0 aliphatic carbocycles. The van der Waals surface area contributed by atoms with E-state index >= 15 is 0 Å². The van der Waals surface area contributed by atoms with Gasteiger partial charge < -0.3 is 10.5 Å². The number of rotatable bonds is 10. The van der Waals surface area contributed by atoms with Crippen LogP contribution in [0.1, 0.15) is 46.0 Å². The minimum absolute atomic E-state index is 0.198. The molecule has 98 valence electrons. The summed E-state index contributed by atoms with van der Waals surface area (Å²) < 4.78 is 5.10. The van der Waals surface area contributed by atoms with Crippen molar-refractivity contribution in [1.29, 1.82) is 0 Å². The number of hydrogen-bond donors (Lipinski definition) is 1. The van der Waals surface area contributed by atoms with Crippen LogP contribution in [0.4, 0.5) is 0 Å². The summed E-state index contributed by atoms with van der Waals surface area (Å²) in [6.07, 6.45) is 5.93. The molecule has 2 N–H and O–H groups in total. The fourth-order valence-corrected chi connectivity index (χ4v) is 2.23. The van der Waals surface area contributed by atoms with Crippen molar-refractivity contribution in [1.82, 2.24) is 4.90 Å². The molecule has 0 heterocycles. The lowest BCUT2D eigenvalue weighted by atomic mass is 9.88. The number of nitrogens with two attached hydrogens (primary N) is 1. The predicted molar refractivity (Wildman–Crippen MR) is 70.7 cm³/mol. The quantitative estimate of drug-likeness (QED) is 0.585. The molecule has 3 nitrogen and oxygen atoms in total. The smallest absolute Gasteiger partial charge is 0.0474 e. The molecule has 0 aromatic heterocycles. The maximum Gasteiger partial charge on any atom is 0.0474 e. The van der Waals surface area contributed by atoms with Gasteiger partial charge in [-0.05, 0) is 26.3 Å². The van der Waals surface area contributed by atoms with Crippen LogP contribution in [0, 0.1) is 0 Å². The van der Waals surface area contributed by atoms with Gasteiger partial charge in [0.1, 0.15) is 0 Å². The van der Waals surface area contributed by atoms with Gasteiger partial charge in [0.25, 0.3) is 0 Å². The Bertz CT molecular complexity index is 158. The molecule has 0 rings (SSSR count). The molecule has 0 saturated carbocycles. The number of methoxy groups -OCH3 is 1. The minimum Gasteiger partial charge on any atom is -0.385 e. The van der Waals surface area contributed by atoms with Gasteiger partial charge in [0.05, 0.1) is 0 Å². The number of hydrogen-bond acceptors (Lipinski definition) is 3. The Balaban J connectivity index is 4.24. The van der Waals surface area contributed by atoms with Crippen molar-refractivity contribution in [2.75, 3.05) is 33.9 Å². The zero-order valence-corrected chi connectivity index (χ0v) is 11.6. The van der Waals surface area contributed by atoms with E-state index in [4.69, 9.17) is 10.5 Å². The van der Waals surface area contributed by atoms with Gasteiger partial charge in [0.2, 0.25) is 0 Å². The lowest BCUT2D eigenvalue weighted by molar-refractivity contribution is 0.0924. The maximum absolute atomic E-state index is 5.99. The lowest BCUT2D eigenvalue weighted by Crippen LogP contribution is -2.52. The van der Waals surface area contributed by atoms with Crippen LogP contribution in [0.25, 0.3) is 0 Å². The fourth-order valence-electron chi connectivity index (χ4n) is 2.23. The summed E-state index contributed by atoms with van der Waals surface area (Å²) in [4.78, 5) is 2.43. The summed E-state index contributed by atoms with van der Waals surface area (Å²) >= 11 is 0. The van der Waals surface area contributed by atoms with Crippen molar-refractivity contribution >= 4 is 0 Å². The molecule has 0 amide bonds. The minimum atomic E-state index is 0.198. The molecule has 3 heteroatoms. The molecule has 0 aromatic rings. The highest BCUT2D eigenvalue weighted by Gasteiger charge is 2.29. The van der Waals surface area contributed by atoms with Gasteiger partial charge in [0.15, 0.2) is 0 Å². The normalized spacial score (nSPS) is 15.4. The van der Waals surface area contributed by atoms with Crippen LogP contribution >= 0.6 is 0 Å². The average Bonchev–Trinajstić information content (AvgIpc) is 2.31. The molecule has 0 radical (unpaired) electrons. The number of unbranched alkanes of at least 4 members (excludes halogenated alkanes) is 1. The van der Waals surface area contributed by atoms with Gasteiger partial charge in [-0.1, -0.05) is 26.7 Å². The van der Waals surface area contributed by atoms with Crippen molar-refractivity contribution in [3.63, 3.8) is 0 Å². The van der Waals surface area contributed by atoms with Gasteiger partial charge in [-0.2, -0.15) is 0 Å². The van der Waals surface area contributed by atoms with E-state index in [-0.39, 0.29) is 5.54 Å². The number of likely N-dealkylation sites (N-methyl/N-ethyl adjacent to an activating group) is 1. The molecule has 1 unspecified atom stereocenters. The van der Waals surface area contributed by atoms with Gasteiger partial charge in [-0.25, -0.2) is 0 Å². The first-order chi connectivity index (χ1) is 7.66. The summed E-state index contributed by atoms with van der Waals surface area (Å²) in [7, 11) is 3.95. The first-order valence-corrected chi connectivity index (χ1v) is 6.57. The van der Waals surface area contributed by atoms with Crippen LogP contribution in [-0.2, 0) is 4.74 Å². The highest BCUT2D eigenvalue weighted by Crippen LogP contribution is 2.24. The van der Waals surface area contributed by atoms with Crippen LogP contribution < -0.4 is 5.73 Å². The van der Waals surface area contributed by atoms with E-state index in [9.17, 15) is 0 Å². The molecule has 0 aliphatic heterocycles. The molecular formula is C13H30N2O. The summed E-state index contributed by atoms with van der Waals surface area (Å²) in [5.74, 6) is 0. The molecule has 0 bridgehead atoms. The topological polar surface area (TPSA) is 38.5 Å². The summed E-state index contributed by atoms with van der Waals surface area (Å²) in [6, 6.07) is 0. The Hall–Kier alpha value is -0.120. The van der Waals surface area contributed by atoms with Gasteiger partial charge in [-0.15, -0.1) is 0 Å². The Labute approximate surface area is 101 Å². The largest absolute Gasteiger partial charge is 0.385 e. The van der Waals surface area contributed by atoms with E-state index in [0.717, 1.165) is 32.5 Å². The maximum atomic E-state index is 5.99. The van der Waals surface area contributed by atoms with Crippen molar-refractivity contribution in [3.8, 4) is 0 Å². The Morgan fingerprint density at radius 1 is 1.25 bits per heavy atom. The summed E-state index contributed by atoms with van der Waals surface area (Å²) in [6.45, 7) is 7.15. The fraction of sp³-hybridized carbons (Fsp3) is 1.00. The van der Waals surface area contributed by atoms with E-state index in [1.807, 2.05) is 0 Å². The van der Waals surface area contributed by atoms with Crippen LogP contribution in [0.2, 0.25) is 0 Å². The molecule has 0 saturated heterocycles. The van der Waals surface area contributed by atoms with E-state index in [0.29, 0.717) is 0 Å². The number of ether oxygens (including phenoxy) is 1. The first kappa shape index (κ1) is 15.9. The third kappa shape index (κ3) is 4.81. The van der Waals surface area contributed by atoms with Crippen LogP contribution in [0.5, 0.6) is 0 Å². The SMILES string of the molecule is CCCCC(CC)(CN)N(C)CCCOC. The predicted octanol–water partition coefficient (Wildman–Crippen LogP) is 2.25. The van der Waals surface area contributed by atoms with Crippen molar-refractivity contribution in [2.45, 2.75) is 51.5 Å². The molecule has 16 heavy (non-hydrogen) atoms. The molecule has 0 aromatic carbocycles.